The summed E-state index contributed by atoms with van der Waals surface area (Å²) in [7, 11) is 1.83. The van der Waals surface area contributed by atoms with Crippen molar-refractivity contribution in [2.24, 2.45) is 0 Å². The smallest absolute Gasteiger partial charge is 0.233 e. The van der Waals surface area contributed by atoms with Crippen molar-refractivity contribution in [2.75, 3.05) is 18.1 Å². The van der Waals surface area contributed by atoms with Gasteiger partial charge in [0.1, 0.15) is 5.01 Å². The second-order valence-electron chi connectivity index (χ2n) is 6.28. The Kier molecular flexibility index (Phi) is 5.10. The first-order valence-electron chi connectivity index (χ1n) is 8.44. The van der Waals surface area contributed by atoms with E-state index in [-0.39, 0.29) is 11.9 Å². The van der Waals surface area contributed by atoms with E-state index in [0.717, 1.165) is 24.7 Å². The van der Waals surface area contributed by atoms with Gasteiger partial charge in [-0.2, -0.15) is 0 Å². The number of nitrogens with one attached hydrogen (secondary N) is 1. The van der Waals surface area contributed by atoms with Crippen LogP contribution >= 0.6 is 34.4 Å². The van der Waals surface area contributed by atoms with E-state index in [1.54, 1.807) is 16.2 Å². The minimum absolute atomic E-state index is 0.0537. The summed E-state index contributed by atoms with van der Waals surface area (Å²) in [4.78, 5) is 19.0. The van der Waals surface area contributed by atoms with E-state index in [2.05, 4.69) is 26.6 Å². The molecule has 3 aromatic rings. The van der Waals surface area contributed by atoms with Crippen molar-refractivity contribution in [3.8, 4) is 0 Å². The third-order valence-corrected chi connectivity index (χ3v) is 7.45. The summed E-state index contributed by atoms with van der Waals surface area (Å²) in [5.41, 5.74) is 0.985. The molecule has 0 spiro atoms. The van der Waals surface area contributed by atoms with E-state index >= 15 is 0 Å². The van der Waals surface area contributed by atoms with Crippen LogP contribution in [0.3, 0.4) is 0 Å². The van der Waals surface area contributed by atoms with Crippen LogP contribution in [0.4, 0.5) is 5.13 Å². The maximum atomic E-state index is 12.6. The van der Waals surface area contributed by atoms with Crippen molar-refractivity contribution in [1.82, 2.24) is 20.1 Å². The standard InChI is InChI=1S/C17H19N5OS3/c1-10(15-19-12-5-3-4-6-13(12)25-15)22(2)14(23)9-24-17-21-20-16(26-17)18-11-7-8-11/h3-6,10-11H,7-9H2,1-2H3,(H,18,20)/t10-/m1/s1. The molecule has 0 saturated heterocycles. The number of amides is 1. The molecule has 2 heterocycles. The Labute approximate surface area is 164 Å². The molecule has 1 fully saturated rings. The van der Waals surface area contributed by atoms with Gasteiger partial charge >= 0.3 is 0 Å². The average Bonchev–Trinajstić information content (AvgIpc) is 3.18. The Hall–Kier alpha value is -1.71. The minimum Gasteiger partial charge on any atom is -0.357 e. The predicted molar refractivity (Wildman–Crippen MR) is 108 cm³/mol. The number of para-hydroxylation sites is 1. The highest BCUT2D eigenvalue weighted by Gasteiger charge is 2.23. The van der Waals surface area contributed by atoms with Crippen LogP contribution in [0.15, 0.2) is 28.6 Å². The lowest BCUT2D eigenvalue weighted by atomic mass is 10.3. The molecule has 1 amide bonds. The minimum atomic E-state index is -0.0537. The first-order chi connectivity index (χ1) is 12.6. The van der Waals surface area contributed by atoms with Crippen LogP contribution in [0.1, 0.15) is 30.8 Å². The summed E-state index contributed by atoms with van der Waals surface area (Å²) in [6.07, 6.45) is 2.41. The van der Waals surface area contributed by atoms with E-state index in [4.69, 9.17) is 0 Å². The van der Waals surface area contributed by atoms with Crippen molar-refractivity contribution in [3.63, 3.8) is 0 Å². The molecule has 4 rings (SSSR count). The highest BCUT2D eigenvalue weighted by molar-refractivity contribution is 8.01. The summed E-state index contributed by atoms with van der Waals surface area (Å²) >= 11 is 4.59. The number of nitrogens with zero attached hydrogens (tertiary/aromatic N) is 4. The number of fused-ring (bicyclic) bond motifs is 1. The van der Waals surface area contributed by atoms with Gasteiger partial charge in [-0.3, -0.25) is 4.79 Å². The van der Waals surface area contributed by atoms with Crippen LogP contribution < -0.4 is 5.32 Å². The third-order valence-electron chi connectivity index (χ3n) is 4.27. The monoisotopic (exact) mass is 405 g/mol. The lowest BCUT2D eigenvalue weighted by molar-refractivity contribution is -0.128. The van der Waals surface area contributed by atoms with Crippen molar-refractivity contribution in [1.29, 1.82) is 0 Å². The summed E-state index contributed by atoms with van der Waals surface area (Å²) in [6, 6.07) is 8.56. The molecule has 136 valence electrons. The summed E-state index contributed by atoms with van der Waals surface area (Å²) in [5, 5.41) is 13.4. The Morgan fingerprint density at radius 3 is 2.92 bits per heavy atom. The fraction of sp³-hybridized carbons (Fsp3) is 0.412. The zero-order chi connectivity index (χ0) is 18.1. The van der Waals surface area contributed by atoms with Gasteiger partial charge < -0.3 is 10.2 Å². The fourth-order valence-electron chi connectivity index (χ4n) is 2.40. The van der Waals surface area contributed by atoms with E-state index < -0.39 is 0 Å². The number of thiazole rings is 1. The largest absolute Gasteiger partial charge is 0.357 e. The zero-order valence-corrected chi connectivity index (χ0v) is 17.0. The molecule has 2 aromatic heterocycles. The molecular weight excluding hydrogens is 386 g/mol. The second-order valence-corrected chi connectivity index (χ2v) is 9.54. The predicted octanol–water partition coefficient (Wildman–Crippen LogP) is 4.03. The normalized spacial score (nSPS) is 15.2. The Morgan fingerprint density at radius 2 is 2.15 bits per heavy atom. The number of hydrogen-bond acceptors (Lipinski definition) is 8. The lowest BCUT2D eigenvalue weighted by Crippen LogP contribution is -2.31. The maximum Gasteiger partial charge on any atom is 0.233 e. The van der Waals surface area contributed by atoms with Crippen LogP contribution in [-0.4, -0.2) is 44.8 Å². The van der Waals surface area contributed by atoms with Gasteiger partial charge in [0.2, 0.25) is 11.0 Å². The van der Waals surface area contributed by atoms with Crippen molar-refractivity contribution in [2.45, 2.75) is 36.2 Å². The van der Waals surface area contributed by atoms with Gasteiger partial charge in [0, 0.05) is 13.1 Å². The zero-order valence-electron chi connectivity index (χ0n) is 14.5. The molecular formula is C17H19N5OS3. The number of benzene rings is 1. The number of carbonyl (C=O) groups is 1. The van der Waals surface area contributed by atoms with Gasteiger partial charge in [-0.1, -0.05) is 35.2 Å². The Morgan fingerprint density at radius 1 is 1.35 bits per heavy atom. The first kappa shape index (κ1) is 17.7. The number of carbonyl (C=O) groups excluding carboxylic acids is 1. The molecule has 6 nitrogen and oxygen atoms in total. The van der Waals surface area contributed by atoms with Crippen LogP contribution in [0.2, 0.25) is 0 Å². The quantitative estimate of drug-likeness (QED) is 0.598. The van der Waals surface area contributed by atoms with E-state index in [1.165, 1.54) is 35.9 Å². The highest BCUT2D eigenvalue weighted by atomic mass is 32.2. The SMILES string of the molecule is C[C@H](c1nc2ccccc2s1)N(C)C(=O)CSc1nnc(NC2CC2)s1. The second kappa shape index (κ2) is 7.50. The molecule has 1 aromatic carbocycles. The third kappa shape index (κ3) is 3.99. The Balaban J connectivity index is 1.35. The molecule has 26 heavy (non-hydrogen) atoms. The van der Waals surface area contributed by atoms with Crippen molar-refractivity contribution < 1.29 is 4.79 Å². The van der Waals surface area contributed by atoms with Gasteiger partial charge in [0.25, 0.3) is 0 Å². The fourth-order valence-corrected chi connectivity index (χ4v) is 5.22. The molecule has 1 N–H and O–H groups in total. The number of aromatic nitrogens is 3. The Bertz CT molecular complexity index is 887. The van der Waals surface area contributed by atoms with Crippen LogP contribution in [0, 0.1) is 0 Å². The summed E-state index contributed by atoms with van der Waals surface area (Å²) in [5.74, 6) is 0.415. The van der Waals surface area contributed by atoms with Crippen molar-refractivity contribution >= 4 is 55.7 Å². The highest BCUT2D eigenvalue weighted by Crippen LogP contribution is 2.32. The van der Waals surface area contributed by atoms with E-state index in [1.807, 2.05) is 32.2 Å². The van der Waals surface area contributed by atoms with Gasteiger partial charge in [0.15, 0.2) is 4.34 Å². The lowest BCUT2D eigenvalue weighted by Gasteiger charge is -2.22. The molecule has 9 heteroatoms. The van der Waals surface area contributed by atoms with Crippen LogP contribution in [-0.2, 0) is 4.79 Å². The molecule has 1 atom stereocenters. The molecule has 1 saturated carbocycles. The number of anilines is 1. The topological polar surface area (TPSA) is 71.0 Å². The van der Waals surface area contributed by atoms with Gasteiger partial charge in [-0.15, -0.1) is 21.5 Å². The molecule has 1 aliphatic carbocycles. The van der Waals surface area contributed by atoms with Crippen LogP contribution in [0.25, 0.3) is 10.2 Å². The summed E-state index contributed by atoms with van der Waals surface area (Å²) in [6.45, 7) is 2.02. The van der Waals surface area contributed by atoms with Gasteiger partial charge in [-0.05, 0) is 31.9 Å². The van der Waals surface area contributed by atoms with Gasteiger partial charge in [0.05, 0.1) is 22.0 Å². The average molecular weight is 406 g/mol. The van der Waals surface area contributed by atoms with Crippen molar-refractivity contribution in [3.05, 3.63) is 29.3 Å². The van der Waals surface area contributed by atoms with Gasteiger partial charge in [-0.25, -0.2) is 4.98 Å². The number of rotatable bonds is 7. The molecule has 0 unspecified atom stereocenters. The number of thioether (sulfide) groups is 1. The molecule has 0 aliphatic heterocycles. The molecule has 1 aliphatic rings. The first-order valence-corrected chi connectivity index (χ1v) is 11.1. The van der Waals surface area contributed by atoms with E-state index in [9.17, 15) is 4.79 Å². The molecule has 0 bridgehead atoms. The summed E-state index contributed by atoms with van der Waals surface area (Å²) < 4.78 is 1.97. The number of hydrogen-bond donors (Lipinski definition) is 1. The molecule has 0 radical (unpaired) electrons. The van der Waals surface area contributed by atoms with Crippen LogP contribution in [0.5, 0.6) is 0 Å². The maximum absolute atomic E-state index is 12.6. The van der Waals surface area contributed by atoms with E-state index in [0.29, 0.717) is 11.8 Å².